The Kier molecular flexibility index (Phi) is 5.12. The molecule has 0 aromatic carbocycles. The summed E-state index contributed by atoms with van der Waals surface area (Å²) in [6.07, 6.45) is 2.62. The van der Waals surface area contributed by atoms with E-state index >= 15 is 0 Å². The normalized spacial score (nSPS) is 9.00. The van der Waals surface area contributed by atoms with E-state index in [1.165, 1.54) is 0 Å². The largest absolute Gasteiger partial charge is 0.377 e. The Morgan fingerprint density at radius 1 is 1.78 bits per heavy atom. The van der Waals surface area contributed by atoms with Gasteiger partial charge in [0.05, 0.1) is 6.61 Å². The molecule has 0 unspecified atom stereocenters. The van der Waals surface area contributed by atoms with Crippen LogP contribution in [-0.2, 0) is 9.53 Å². The van der Waals surface area contributed by atoms with Crippen LogP contribution in [-0.4, -0.2) is 19.5 Å². The van der Waals surface area contributed by atoms with Gasteiger partial charge in [0.1, 0.15) is 0 Å². The minimum Gasteiger partial charge on any atom is -0.377 e. The second-order valence-corrected chi connectivity index (χ2v) is 1.76. The van der Waals surface area contributed by atoms with Crippen molar-refractivity contribution in [3.8, 4) is 0 Å². The molecule has 0 saturated carbocycles. The molecule has 51 valence electrons. The first-order valence-corrected chi connectivity index (χ1v) is 2.95. The van der Waals surface area contributed by atoms with Gasteiger partial charge >= 0.3 is 0 Å². The highest BCUT2D eigenvalue weighted by molar-refractivity contribution is 5.72. The van der Waals surface area contributed by atoms with Crippen LogP contribution in [0.4, 0.5) is 0 Å². The summed E-state index contributed by atoms with van der Waals surface area (Å²) in [6, 6.07) is 0. The SMILES string of the molecule is C=C([C]=O)COCCC. The monoisotopic (exact) mass is 127 g/mol. The van der Waals surface area contributed by atoms with Crippen molar-refractivity contribution in [1.82, 2.24) is 0 Å². The molecule has 0 fully saturated rings. The van der Waals surface area contributed by atoms with Gasteiger partial charge in [-0.05, 0) is 6.42 Å². The molecule has 9 heavy (non-hydrogen) atoms. The summed E-state index contributed by atoms with van der Waals surface area (Å²) in [5.41, 5.74) is 0.378. The summed E-state index contributed by atoms with van der Waals surface area (Å²) in [4.78, 5) is 9.79. The van der Waals surface area contributed by atoms with Gasteiger partial charge in [0.2, 0.25) is 6.29 Å². The van der Waals surface area contributed by atoms with Crippen LogP contribution in [0.2, 0.25) is 0 Å². The quantitative estimate of drug-likeness (QED) is 0.408. The number of ether oxygens (including phenoxy) is 1. The number of carbonyl (C=O) groups excluding carboxylic acids is 1. The molecule has 0 rings (SSSR count). The maximum absolute atomic E-state index is 9.79. The molecule has 0 aliphatic heterocycles. The van der Waals surface area contributed by atoms with Crippen LogP contribution in [0.25, 0.3) is 0 Å². The van der Waals surface area contributed by atoms with E-state index in [9.17, 15) is 4.79 Å². The molecule has 0 heterocycles. The van der Waals surface area contributed by atoms with Gasteiger partial charge in [0.25, 0.3) is 0 Å². The number of hydrogen-bond acceptors (Lipinski definition) is 2. The Bertz CT molecular complexity index is 97.1. The molecule has 0 aliphatic carbocycles. The van der Waals surface area contributed by atoms with Gasteiger partial charge < -0.3 is 4.74 Å². The van der Waals surface area contributed by atoms with Crippen molar-refractivity contribution >= 4 is 6.29 Å². The van der Waals surface area contributed by atoms with E-state index in [0.717, 1.165) is 6.42 Å². The topological polar surface area (TPSA) is 26.3 Å². The summed E-state index contributed by atoms with van der Waals surface area (Å²) < 4.78 is 4.97. The standard InChI is InChI=1S/C7H11O2/c1-3-4-9-6-7(2)5-8/h2-4,6H2,1H3. The third-order valence-electron chi connectivity index (χ3n) is 0.769. The smallest absolute Gasteiger partial charge is 0.230 e. The summed E-state index contributed by atoms with van der Waals surface area (Å²) in [7, 11) is 0. The van der Waals surface area contributed by atoms with Gasteiger partial charge in [0.15, 0.2) is 0 Å². The van der Waals surface area contributed by atoms with E-state index in [-0.39, 0.29) is 0 Å². The van der Waals surface area contributed by atoms with Gasteiger partial charge in [-0.1, -0.05) is 13.5 Å². The molecular weight excluding hydrogens is 116 g/mol. The molecule has 0 aliphatic rings. The van der Waals surface area contributed by atoms with E-state index in [0.29, 0.717) is 18.8 Å². The summed E-state index contributed by atoms with van der Waals surface area (Å²) in [6.45, 7) is 6.40. The van der Waals surface area contributed by atoms with Crippen LogP contribution in [0, 0.1) is 0 Å². The average molecular weight is 127 g/mol. The molecule has 0 amide bonds. The van der Waals surface area contributed by atoms with E-state index in [4.69, 9.17) is 4.74 Å². The van der Waals surface area contributed by atoms with Crippen LogP contribution in [0.3, 0.4) is 0 Å². The Labute approximate surface area is 55.5 Å². The van der Waals surface area contributed by atoms with Crippen molar-refractivity contribution < 1.29 is 9.53 Å². The van der Waals surface area contributed by atoms with Gasteiger partial charge in [0, 0.05) is 12.2 Å². The van der Waals surface area contributed by atoms with Crippen molar-refractivity contribution in [2.24, 2.45) is 0 Å². The molecule has 0 spiro atoms. The Balaban J connectivity index is 3.07. The van der Waals surface area contributed by atoms with Crippen molar-refractivity contribution in [2.45, 2.75) is 13.3 Å². The molecular formula is C7H11O2. The van der Waals surface area contributed by atoms with Gasteiger partial charge in [-0.2, -0.15) is 0 Å². The van der Waals surface area contributed by atoms with Crippen molar-refractivity contribution in [2.75, 3.05) is 13.2 Å². The fraction of sp³-hybridized carbons (Fsp3) is 0.571. The molecule has 1 radical (unpaired) electrons. The van der Waals surface area contributed by atoms with Crippen LogP contribution < -0.4 is 0 Å². The molecule has 0 saturated heterocycles. The first-order chi connectivity index (χ1) is 4.31. The maximum atomic E-state index is 9.79. The highest BCUT2D eigenvalue weighted by atomic mass is 16.5. The molecule has 0 aromatic heterocycles. The Hall–Kier alpha value is -0.630. The molecule has 2 nitrogen and oxygen atoms in total. The average Bonchev–Trinajstić information content (AvgIpc) is 1.89. The zero-order valence-corrected chi connectivity index (χ0v) is 5.64. The predicted octanol–water partition coefficient (Wildman–Crippen LogP) is 1.08. The predicted molar refractivity (Wildman–Crippen MR) is 35.9 cm³/mol. The molecule has 0 aromatic rings. The Morgan fingerprint density at radius 2 is 2.44 bits per heavy atom. The van der Waals surface area contributed by atoms with E-state index in [2.05, 4.69) is 6.58 Å². The van der Waals surface area contributed by atoms with Crippen LogP contribution >= 0.6 is 0 Å². The van der Waals surface area contributed by atoms with Crippen LogP contribution in [0.5, 0.6) is 0 Å². The van der Waals surface area contributed by atoms with Crippen molar-refractivity contribution in [3.05, 3.63) is 12.2 Å². The molecule has 0 atom stereocenters. The van der Waals surface area contributed by atoms with Crippen LogP contribution in [0.1, 0.15) is 13.3 Å². The Morgan fingerprint density at radius 3 is 2.89 bits per heavy atom. The fourth-order valence-corrected chi connectivity index (χ4v) is 0.369. The third kappa shape index (κ3) is 5.24. The fourth-order valence-electron chi connectivity index (χ4n) is 0.369. The summed E-state index contributed by atoms with van der Waals surface area (Å²) in [5, 5.41) is 0. The second-order valence-electron chi connectivity index (χ2n) is 1.76. The first kappa shape index (κ1) is 8.37. The van der Waals surface area contributed by atoms with E-state index in [1.54, 1.807) is 6.29 Å². The van der Waals surface area contributed by atoms with Crippen molar-refractivity contribution in [3.63, 3.8) is 0 Å². The lowest BCUT2D eigenvalue weighted by molar-refractivity contribution is 0.160. The second kappa shape index (κ2) is 5.51. The lowest BCUT2D eigenvalue weighted by atomic mass is 10.4. The highest BCUT2D eigenvalue weighted by Gasteiger charge is 1.89. The zero-order valence-electron chi connectivity index (χ0n) is 5.64. The van der Waals surface area contributed by atoms with Gasteiger partial charge in [-0.15, -0.1) is 0 Å². The molecule has 0 N–H and O–H groups in total. The first-order valence-electron chi connectivity index (χ1n) is 2.95. The lowest BCUT2D eigenvalue weighted by Gasteiger charge is -1.97. The van der Waals surface area contributed by atoms with Crippen molar-refractivity contribution in [1.29, 1.82) is 0 Å². The minimum atomic E-state index is 0.317. The minimum absolute atomic E-state index is 0.317. The van der Waals surface area contributed by atoms with Gasteiger partial charge in [-0.25, -0.2) is 0 Å². The summed E-state index contributed by atoms with van der Waals surface area (Å²) >= 11 is 0. The van der Waals surface area contributed by atoms with E-state index in [1.807, 2.05) is 6.92 Å². The molecule has 0 bridgehead atoms. The molecule has 2 heteroatoms. The lowest BCUT2D eigenvalue weighted by Crippen LogP contribution is -1.98. The number of hydrogen-bond donors (Lipinski definition) is 0. The number of rotatable bonds is 5. The van der Waals surface area contributed by atoms with E-state index < -0.39 is 0 Å². The maximum Gasteiger partial charge on any atom is 0.230 e. The third-order valence-corrected chi connectivity index (χ3v) is 0.769. The highest BCUT2D eigenvalue weighted by Crippen LogP contribution is 1.86. The van der Waals surface area contributed by atoms with Gasteiger partial charge in [-0.3, -0.25) is 4.79 Å². The van der Waals surface area contributed by atoms with Crippen LogP contribution in [0.15, 0.2) is 12.2 Å². The zero-order chi connectivity index (χ0) is 7.11. The summed E-state index contributed by atoms with van der Waals surface area (Å²) in [5.74, 6) is 0.